The zero-order chi connectivity index (χ0) is 14.4. The smallest absolute Gasteiger partial charge is 0.141 e. The van der Waals surface area contributed by atoms with Gasteiger partial charge in [-0.05, 0) is 31.0 Å². The molecular formula is C17H19NS2. The van der Waals surface area contributed by atoms with Crippen molar-refractivity contribution >= 4 is 28.3 Å². The summed E-state index contributed by atoms with van der Waals surface area (Å²) >= 11 is 7.23. The molecule has 0 bridgehead atoms. The summed E-state index contributed by atoms with van der Waals surface area (Å²) < 4.78 is 0.943. The van der Waals surface area contributed by atoms with Crippen LogP contribution in [0.25, 0.3) is 11.1 Å². The number of thiocarbonyl (C=S) groups is 1. The highest BCUT2D eigenvalue weighted by atomic mass is 32.2. The fourth-order valence-corrected chi connectivity index (χ4v) is 3.60. The summed E-state index contributed by atoms with van der Waals surface area (Å²) in [6.07, 6.45) is 0. The van der Waals surface area contributed by atoms with Gasteiger partial charge in [0.2, 0.25) is 0 Å². The maximum atomic E-state index is 5.55. The monoisotopic (exact) mass is 301 g/mol. The molecule has 0 fully saturated rings. The molecule has 0 saturated carbocycles. The van der Waals surface area contributed by atoms with Gasteiger partial charge in [0.25, 0.3) is 0 Å². The van der Waals surface area contributed by atoms with E-state index in [-0.39, 0.29) is 0 Å². The number of nitrogens with zero attached hydrogens (tertiary/aromatic N) is 1. The van der Waals surface area contributed by atoms with E-state index in [2.05, 4.69) is 67.3 Å². The van der Waals surface area contributed by atoms with Crippen LogP contribution in [0.5, 0.6) is 0 Å². The predicted octanol–water partition coefficient (Wildman–Crippen LogP) is 5.07. The summed E-state index contributed by atoms with van der Waals surface area (Å²) in [7, 11) is 0. The molecular weight excluding hydrogens is 282 g/mol. The number of benzene rings is 2. The predicted molar refractivity (Wildman–Crippen MR) is 93.3 cm³/mol. The Hall–Kier alpha value is -1.32. The van der Waals surface area contributed by atoms with E-state index in [0.717, 1.165) is 17.4 Å². The van der Waals surface area contributed by atoms with Crippen LogP contribution in [0.4, 0.5) is 0 Å². The van der Waals surface area contributed by atoms with Crippen molar-refractivity contribution in [3.8, 4) is 11.1 Å². The highest BCUT2D eigenvalue weighted by molar-refractivity contribution is 8.23. The van der Waals surface area contributed by atoms with Crippen LogP contribution < -0.4 is 0 Å². The molecule has 0 radical (unpaired) electrons. The van der Waals surface area contributed by atoms with Crippen molar-refractivity contribution in [1.29, 1.82) is 0 Å². The Kier molecular flexibility index (Phi) is 5.62. The van der Waals surface area contributed by atoms with E-state index in [4.69, 9.17) is 12.2 Å². The average Bonchev–Trinajstić information content (AvgIpc) is 2.50. The number of hydrogen-bond acceptors (Lipinski definition) is 2. The third-order valence-corrected chi connectivity index (χ3v) is 4.71. The molecule has 0 amide bonds. The van der Waals surface area contributed by atoms with Gasteiger partial charge in [0.15, 0.2) is 0 Å². The van der Waals surface area contributed by atoms with Crippen molar-refractivity contribution in [2.45, 2.75) is 18.7 Å². The van der Waals surface area contributed by atoms with Crippen LogP contribution in [0.15, 0.2) is 59.5 Å². The molecule has 1 nitrogen and oxygen atoms in total. The minimum Gasteiger partial charge on any atom is -0.358 e. The van der Waals surface area contributed by atoms with Crippen molar-refractivity contribution in [1.82, 2.24) is 4.90 Å². The molecule has 2 rings (SSSR count). The van der Waals surface area contributed by atoms with Crippen LogP contribution in [0.2, 0.25) is 0 Å². The molecule has 0 aliphatic heterocycles. The molecule has 0 heterocycles. The van der Waals surface area contributed by atoms with Gasteiger partial charge in [-0.2, -0.15) is 0 Å². The second-order valence-electron chi connectivity index (χ2n) is 4.40. The Morgan fingerprint density at radius 2 is 1.55 bits per heavy atom. The first-order valence-electron chi connectivity index (χ1n) is 6.87. The molecule has 0 spiro atoms. The fraction of sp³-hybridized carbons (Fsp3) is 0.235. The van der Waals surface area contributed by atoms with Gasteiger partial charge in [0.1, 0.15) is 4.32 Å². The number of hydrogen-bond donors (Lipinski definition) is 0. The van der Waals surface area contributed by atoms with Crippen molar-refractivity contribution in [3.63, 3.8) is 0 Å². The summed E-state index contributed by atoms with van der Waals surface area (Å²) in [6, 6.07) is 18.9. The zero-order valence-electron chi connectivity index (χ0n) is 11.9. The summed E-state index contributed by atoms with van der Waals surface area (Å²) in [6.45, 7) is 6.19. The van der Waals surface area contributed by atoms with E-state index >= 15 is 0 Å². The molecule has 0 aliphatic rings. The normalized spacial score (nSPS) is 10.3. The zero-order valence-corrected chi connectivity index (χ0v) is 13.5. The lowest BCUT2D eigenvalue weighted by Gasteiger charge is -2.21. The molecule has 2 aromatic rings. The Balaban J connectivity index is 2.27. The minimum absolute atomic E-state index is 0.943. The quantitative estimate of drug-likeness (QED) is 0.573. The maximum Gasteiger partial charge on any atom is 0.141 e. The standard InChI is InChI=1S/C17H19NS2/c1-3-18(4-2)17(19)20-16-13-9-8-12-15(16)14-10-6-5-7-11-14/h5-13H,3-4H2,1-2H3. The van der Waals surface area contributed by atoms with Gasteiger partial charge in [-0.3, -0.25) is 0 Å². The first-order valence-corrected chi connectivity index (χ1v) is 8.10. The largest absolute Gasteiger partial charge is 0.358 e. The van der Waals surface area contributed by atoms with Crippen molar-refractivity contribution < 1.29 is 0 Å². The van der Waals surface area contributed by atoms with Crippen molar-refractivity contribution in [2.24, 2.45) is 0 Å². The van der Waals surface area contributed by atoms with E-state index in [9.17, 15) is 0 Å². The van der Waals surface area contributed by atoms with Crippen molar-refractivity contribution in [3.05, 3.63) is 54.6 Å². The molecule has 0 atom stereocenters. The Bertz CT molecular complexity index is 562. The molecule has 104 valence electrons. The van der Waals surface area contributed by atoms with Gasteiger partial charge in [-0.15, -0.1) is 0 Å². The second-order valence-corrected chi connectivity index (χ2v) is 6.08. The topological polar surface area (TPSA) is 3.24 Å². The SMILES string of the molecule is CCN(CC)C(=S)Sc1ccccc1-c1ccccc1. The summed E-state index contributed by atoms with van der Waals surface area (Å²) in [4.78, 5) is 3.43. The first kappa shape index (κ1) is 15.1. The molecule has 0 saturated heterocycles. The van der Waals surface area contributed by atoms with Crippen LogP contribution in [0.1, 0.15) is 13.8 Å². The van der Waals surface area contributed by atoms with Crippen molar-refractivity contribution in [2.75, 3.05) is 13.1 Å². The van der Waals surface area contributed by atoms with Crippen LogP contribution in [0.3, 0.4) is 0 Å². The average molecular weight is 301 g/mol. The Labute approximate surface area is 131 Å². The molecule has 20 heavy (non-hydrogen) atoms. The van der Waals surface area contributed by atoms with E-state index in [1.165, 1.54) is 16.0 Å². The summed E-state index contributed by atoms with van der Waals surface area (Å²) in [5.41, 5.74) is 2.48. The minimum atomic E-state index is 0.943. The second kappa shape index (κ2) is 7.46. The summed E-state index contributed by atoms with van der Waals surface area (Å²) in [5.74, 6) is 0. The van der Waals surface area contributed by atoms with Crippen LogP contribution >= 0.6 is 24.0 Å². The van der Waals surface area contributed by atoms with E-state index < -0.39 is 0 Å². The lowest BCUT2D eigenvalue weighted by molar-refractivity contribution is 0.482. The van der Waals surface area contributed by atoms with E-state index in [0.29, 0.717) is 0 Å². The maximum absolute atomic E-state index is 5.55. The first-order chi connectivity index (χ1) is 9.76. The van der Waals surface area contributed by atoms with Gasteiger partial charge in [0, 0.05) is 18.0 Å². The molecule has 2 aromatic carbocycles. The lowest BCUT2D eigenvalue weighted by Crippen LogP contribution is -2.26. The number of rotatable bonds is 4. The highest BCUT2D eigenvalue weighted by Crippen LogP contribution is 2.32. The molecule has 0 unspecified atom stereocenters. The van der Waals surface area contributed by atoms with Gasteiger partial charge in [-0.25, -0.2) is 0 Å². The van der Waals surface area contributed by atoms with Gasteiger partial charge in [-0.1, -0.05) is 72.5 Å². The Morgan fingerprint density at radius 1 is 0.950 bits per heavy atom. The van der Waals surface area contributed by atoms with E-state index in [1.807, 2.05) is 6.07 Å². The third-order valence-electron chi connectivity index (χ3n) is 3.19. The van der Waals surface area contributed by atoms with Gasteiger partial charge < -0.3 is 4.90 Å². The van der Waals surface area contributed by atoms with E-state index in [1.54, 1.807) is 11.8 Å². The number of thioether (sulfide) groups is 1. The summed E-state index contributed by atoms with van der Waals surface area (Å²) in [5, 5.41) is 0. The fourth-order valence-electron chi connectivity index (χ4n) is 2.05. The third kappa shape index (κ3) is 3.62. The van der Waals surface area contributed by atoms with Crippen LogP contribution in [-0.4, -0.2) is 22.3 Å². The Morgan fingerprint density at radius 3 is 2.20 bits per heavy atom. The van der Waals surface area contributed by atoms with Gasteiger partial charge >= 0.3 is 0 Å². The molecule has 0 aromatic heterocycles. The van der Waals surface area contributed by atoms with Crippen LogP contribution in [0, 0.1) is 0 Å². The molecule has 0 aliphatic carbocycles. The highest BCUT2D eigenvalue weighted by Gasteiger charge is 2.11. The molecule has 0 N–H and O–H groups in total. The lowest BCUT2D eigenvalue weighted by atomic mass is 10.1. The molecule has 3 heteroatoms. The van der Waals surface area contributed by atoms with Crippen LogP contribution in [-0.2, 0) is 0 Å². The van der Waals surface area contributed by atoms with Gasteiger partial charge in [0.05, 0.1) is 0 Å².